The van der Waals surface area contributed by atoms with E-state index < -0.39 is 64.6 Å². The van der Waals surface area contributed by atoms with Crippen molar-refractivity contribution in [1.82, 2.24) is 14.3 Å². The van der Waals surface area contributed by atoms with Gasteiger partial charge in [0.05, 0.1) is 16.3 Å². The Balaban J connectivity index is 2.16. The Bertz CT molecular complexity index is 1300. The van der Waals surface area contributed by atoms with Gasteiger partial charge in [-0.2, -0.15) is 4.68 Å². The van der Waals surface area contributed by atoms with Gasteiger partial charge in [-0.3, -0.25) is 9.36 Å². The minimum atomic E-state index is -3.36. The van der Waals surface area contributed by atoms with Gasteiger partial charge in [0.1, 0.15) is 29.7 Å². The van der Waals surface area contributed by atoms with Gasteiger partial charge in [0, 0.05) is 19.5 Å². The Hall–Kier alpha value is -3.38. The first-order chi connectivity index (χ1) is 16.4. The summed E-state index contributed by atoms with van der Waals surface area (Å²) in [5, 5.41) is 15.3. The van der Waals surface area contributed by atoms with Crippen LogP contribution in [0.5, 0.6) is 5.75 Å². The Morgan fingerprint density at radius 2 is 1.97 bits per heavy atom. The molecule has 1 heterocycles. The number of anilines is 1. The molecule has 0 aliphatic heterocycles. The van der Waals surface area contributed by atoms with Gasteiger partial charge in [-0.15, -0.1) is 5.10 Å². The molecular formula is C22H21ClF4N4O4. The van der Waals surface area contributed by atoms with E-state index in [1.54, 1.807) is 6.92 Å². The van der Waals surface area contributed by atoms with E-state index in [1.165, 1.54) is 12.1 Å². The van der Waals surface area contributed by atoms with E-state index in [0.717, 1.165) is 23.6 Å². The number of aromatic nitrogens is 3. The molecule has 1 atom stereocenters. The van der Waals surface area contributed by atoms with Gasteiger partial charge in [-0.1, -0.05) is 17.7 Å². The van der Waals surface area contributed by atoms with Crippen molar-refractivity contribution < 1.29 is 32.2 Å². The van der Waals surface area contributed by atoms with Gasteiger partial charge >= 0.3 is 5.69 Å². The highest BCUT2D eigenvalue weighted by atomic mass is 35.5. The number of nitrogens with one attached hydrogen (secondary N) is 1. The van der Waals surface area contributed by atoms with Crippen molar-refractivity contribution in [3.8, 4) is 11.4 Å². The molecule has 3 rings (SSSR count). The third kappa shape index (κ3) is 5.33. The topological polar surface area (TPSA) is 98.4 Å². The zero-order valence-corrected chi connectivity index (χ0v) is 19.5. The summed E-state index contributed by atoms with van der Waals surface area (Å²) in [6.07, 6.45) is -1.78. The lowest BCUT2D eigenvalue weighted by Gasteiger charge is -2.23. The summed E-state index contributed by atoms with van der Waals surface area (Å²) in [5.74, 6) is -7.07. The first kappa shape index (κ1) is 26.2. The lowest BCUT2D eigenvalue weighted by Crippen LogP contribution is -2.33. The van der Waals surface area contributed by atoms with Gasteiger partial charge in [0.15, 0.2) is 11.9 Å². The van der Waals surface area contributed by atoms with Crippen LogP contribution in [-0.2, 0) is 13.2 Å². The zero-order chi connectivity index (χ0) is 26.1. The van der Waals surface area contributed by atoms with Crippen molar-refractivity contribution in [3.63, 3.8) is 0 Å². The summed E-state index contributed by atoms with van der Waals surface area (Å²) < 4.78 is 63.9. The quantitative estimate of drug-likeness (QED) is 0.438. The average Bonchev–Trinajstić information content (AvgIpc) is 3.11. The van der Waals surface area contributed by atoms with Crippen molar-refractivity contribution in [2.45, 2.75) is 45.9 Å². The SMILES string of the molecule is CCn1c(CO)nn(-c2cc(OC(C)C(C)(F)F)c(C(=O)Nc3c(F)cccc3Cl)cc2F)c1=O. The van der Waals surface area contributed by atoms with E-state index >= 15 is 4.39 Å². The number of halogens is 5. The number of alkyl halides is 2. The Kier molecular flexibility index (Phi) is 7.56. The molecule has 0 saturated carbocycles. The number of aliphatic hydroxyl groups excluding tert-OH is 1. The highest BCUT2D eigenvalue weighted by molar-refractivity contribution is 6.34. The van der Waals surface area contributed by atoms with Crippen LogP contribution >= 0.6 is 11.6 Å². The highest BCUT2D eigenvalue weighted by Gasteiger charge is 2.34. The molecule has 1 unspecified atom stereocenters. The molecule has 3 aromatic rings. The monoisotopic (exact) mass is 516 g/mol. The normalized spacial score (nSPS) is 12.5. The first-order valence-corrected chi connectivity index (χ1v) is 10.7. The molecule has 1 amide bonds. The number of amides is 1. The van der Waals surface area contributed by atoms with E-state index in [0.29, 0.717) is 17.7 Å². The molecule has 8 nitrogen and oxygen atoms in total. The number of hydrogen-bond acceptors (Lipinski definition) is 5. The van der Waals surface area contributed by atoms with Crippen LogP contribution in [0.2, 0.25) is 5.02 Å². The number of para-hydroxylation sites is 1. The van der Waals surface area contributed by atoms with E-state index in [4.69, 9.17) is 16.3 Å². The summed E-state index contributed by atoms with van der Waals surface area (Å²) in [6.45, 7) is 2.71. The Labute approximate surface area is 201 Å². The van der Waals surface area contributed by atoms with Crippen LogP contribution in [0.25, 0.3) is 5.69 Å². The van der Waals surface area contributed by atoms with E-state index in [1.807, 2.05) is 0 Å². The summed E-state index contributed by atoms with van der Waals surface area (Å²) in [4.78, 5) is 25.5. The van der Waals surface area contributed by atoms with Gasteiger partial charge in [0.25, 0.3) is 11.8 Å². The van der Waals surface area contributed by atoms with Crippen molar-refractivity contribution in [3.05, 3.63) is 68.9 Å². The summed E-state index contributed by atoms with van der Waals surface area (Å²) in [6, 6.07) is 5.12. The smallest absolute Gasteiger partial charge is 0.350 e. The maximum Gasteiger partial charge on any atom is 0.350 e. The van der Waals surface area contributed by atoms with Crippen LogP contribution in [0.4, 0.5) is 23.2 Å². The molecule has 2 aromatic carbocycles. The molecule has 0 aliphatic rings. The van der Waals surface area contributed by atoms with E-state index in [2.05, 4.69) is 10.4 Å². The number of hydrogen-bond donors (Lipinski definition) is 2. The van der Waals surface area contributed by atoms with Crippen molar-refractivity contribution in [1.29, 1.82) is 0 Å². The Morgan fingerprint density at radius 1 is 1.29 bits per heavy atom. The number of carbonyl (C=O) groups is 1. The number of aliphatic hydroxyl groups is 1. The minimum Gasteiger partial charge on any atom is -0.484 e. The molecule has 0 aliphatic carbocycles. The van der Waals surface area contributed by atoms with Crippen molar-refractivity contribution in [2.24, 2.45) is 0 Å². The molecule has 188 valence electrons. The number of rotatable bonds is 8. The van der Waals surface area contributed by atoms with E-state index in [9.17, 15) is 27.9 Å². The fourth-order valence-electron chi connectivity index (χ4n) is 3.10. The Morgan fingerprint density at radius 3 is 2.51 bits per heavy atom. The molecule has 0 saturated heterocycles. The van der Waals surface area contributed by atoms with Gasteiger partial charge in [-0.25, -0.2) is 22.4 Å². The second kappa shape index (κ2) is 10.1. The van der Waals surface area contributed by atoms with Gasteiger partial charge < -0.3 is 15.2 Å². The molecule has 13 heteroatoms. The maximum absolute atomic E-state index is 15.1. The highest BCUT2D eigenvalue weighted by Crippen LogP contribution is 2.31. The fraction of sp³-hybridized carbons (Fsp3) is 0.318. The fourth-order valence-corrected chi connectivity index (χ4v) is 3.31. The number of nitrogens with zero attached hydrogens (tertiary/aromatic N) is 3. The second-order valence-electron chi connectivity index (χ2n) is 7.58. The summed E-state index contributed by atoms with van der Waals surface area (Å²) in [5.41, 5.74) is -2.30. The van der Waals surface area contributed by atoms with Crippen LogP contribution < -0.4 is 15.7 Å². The van der Waals surface area contributed by atoms with Crippen LogP contribution in [0.15, 0.2) is 35.1 Å². The van der Waals surface area contributed by atoms with Crippen LogP contribution in [0.1, 0.15) is 37.0 Å². The number of carbonyl (C=O) groups excluding carboxylic acids is 1. The molecule has 0 bridgehead atoms. The molecule has 1 aromatic heterocycles. The average molecular weight is 517 g/mol. The van der Waals surface area contributed by atoms with Gasteiger partial charge in [-0.05, 0) is 32.0 Å². The molecule has 0 fully saturated rings. The largest absolute Gasteiger partial charge is 0.484 e. The lowest BCUT2D eigenvalue weighted by atomic mass is 10.1. The third-order valence-electron chi connectivity index (χ3n) is 5.14. The molecular weight excluding hydrogens is 496 g/mol. The lowest BCUT2D eigenvalue weighted by molar-refractivity contribution is -0.0719. The summed E-state index contributed by atoms with van der Waals surface area (Å²) in [7, 11) is 0. The predicted molar refractivity (Wildman–Crippen MR) is 119 cm³/mol. The molecule has 0 spiro atoms. The third-order valence-corrected chi connectivity index (χ3v) is 5.45. The predicted octanol–water partition coefficient (Wildman–Crippen LogP) is 4.15. The zero-order valence-electron chi connectivity index (χ0n) is 18.8. The van der Waals surface area contributed by atoms with Crippen molar-refractivity contribution >= 4 is 23.2 Å². The molecule has 35 heavy (non-hydrogen) atoms. The maximum atomic E-state index is 15.1. The second-order valence-corrected chi connectivity index (χ2v) is 7.99. The van der Waals surface area contributed by atoms with Crippen molar-refractivity contribution in [2.75, 3.05) is 5.32 Å². The molecule has 0 radical (unpaired) electrons. The standard InChI is InChI=1S/C22H21ClF4N4O4/c1-4-30-18(10-32)29-31(21(30)34)16-9-17(35-11(2)22(3,26)27)12(8-15(16)25)20(33)28-19-13(23)6-5-7-14(19)24/h5-9,11,32H,4,10H2,1-3H3,(H,28,33). The van der Waals surface area contributed by atoms with Crippen LogP contribution in [0, 0.1) is 11.6 Å². The van der Waals surface area contributed by atoms with Crippen LogP contribution in [0.3, 0.4) is 0 Å². The molecule has 2 N–H and O–H groups in total. The number of benzene rings is 2. The minimum absolute atomic E-state index is 0.0659. The summed E-state index contributed by atoms with van der Waals surface area (Å²) >= 11 is 5.92. The van der Waals surface area contributed by atoms with Crippen LogP contribution in [-0.4, -0.2) is 37.4 Å². The first-order valence-electron chi connectivity index (χ1n) is 10.3. The van der Waals surface area contributed by atoms with Gasteiger partial charge in [0.2, 0.25) is 0 Å². The van der Waals surface area contributed by atoms with E-state index in [-0.39, 0.29) is 17.4 Å². The number of ether oxygens (including phenoxy) is 1.